The lowest BCUT2D eigenvalue weighted by atomic mass is 10.2. The Morgan fingerprint density at radius 1 is 1.69 bits per heavy atom. The quantitative estimate of drug-likeness (QED) is 0.291. The van der Waals surface area contributed by atoms with E-state index in [0.29, 0.717) is 12.1 Å². The van der Waals surface area contributed by atoms with Gasteiger partial charge < -0.3 is 15.5 Å². The summed E-state index contributed by atoms with van der Waals surface area (Å²) in [6.07, 6.45) is 1.55. The van der Waals surface area contributed by atoms with Crippen molar-refractivity contribution in [1.82, 2.24) is 4.57 Å². The van der Waals surface area contributed by atoms with Crippen molar-refractivity contribution in [3.63, 3.8) is 0 Å². The van der Waals surface area contributed by atoms with Crippen molar-refractivity contribution in [3.8, 4) is 0 Å². The number of nitrogens with zero attached hydrogens (tertiary/aromatic N) is 2. The normalized spacial score (nSPS) is 11.6. The second-order valence-corrected chi connectivity index (χ2v) is 2.53. The third-order valence-electron chi connectivity index (χ3n) is 1.73. The zero-order chi connectivity index (χ0) is 9.84. The van der Waals surface area contributed by atoms with Crippen molar-refractivity contribution in [2.24, 2.45) is 10.9 Å². The lowest BCUT2D eigenvalue weighted by Crippen LogP contribution is -2.21. The van der Waals surface area contributed by atoms with E-state index in [0.717, 1.165) is 0 Å². The molecule has 0 bridgehead atoms. The van der Waals surface area contributed by atoms with Gasteiger partial charge in [-0.25, -0.2) is 0 Å². The minimum absolute atomic E-state index is 0.00204. The first-order valence-corrected chi connectivity index (χ1v) is 3.87. The fourth-order valence-corrected chi connectivity index (χ4v) is 0.988. The molecule has 0 saturated carbocycles. The van der Waals surface area contributed by atoms with Crippen LogP contribution in [0.25, 0.3) is 0 Å². The molecule has 0 aliphatic rings. The molecule has 1 rings (SSSR count). The highest BCUT2D eigenvalue weighted by molar-refractivity contribution is 5.96. The number of hydrogen-bond donors (Lipinski definition) is 2. The third-order valence-corrected chi connectivity index (χ3v) is 1.73. The molecule has 1 aromatic heterocycles. The molecule has 0 aromatic carbocycles. The first kappa shape index (κ1) is 9.31. The topological polar surface area (TPSA) is 80.6 Å². The van der Waals surface area contributed by atoms with E-state index < -0.39 is 0 Å². The van der Waals surface area contributed by atoms with Gasteiger partial charge in [-0.1, -0.05) is 5.16 Å². The molecule has 0 saturated heterocycles. The van der Waals surface area contributed by atoms with Gasteiger partial charge in [0.1, 0.15) is 0 Å². The molecule has 1 heterocycles. The summed E-state index contributed by atoms with van der Waals surface area (Å²) in [4.78, 5) is 11.1. The van der Waals surface area contributed by atoms with Crippen LogP contribution in [0.2, 0.25) is 0 Å². The minimum Gasteiger partial charge on any atom is -0.409 e. The molecule has 0 fully saturated rings. The molecule has 0 atom stereocenters. The summed E-state index contributed by atoms with van der Waals surface area (Å²) in [6, 6.07) is 2.90. The van der Waals surface area contributed by atoms with Gasteiger partial charge in [0.15, 0.2) is 5.84 Å². The molecule has 0 aliphatic heterocycles. The van der Waals surface area contributed by atoms with Gasteiger partial charge in [0.05, 0.1) is 0 Å². The summed E-state index contributed by atoms with van der Waals surface area (Å²) in [5.41, 5.74) is 5.78. The maximum absolute atomic E-state index is 11.1. The number of amidine groups is 1. The lowest BCUT2D eigenvalue weighted by Gasteiger charge is -2.03. The summed E-state index contributed by atoms with van der Waals surface area (Å²) < 4.78 is 1.48. The molecule has 0 aliphatic carbocycles. The molecule has 70 valence electrons. The molecule has 0 spiro atoms. The van der Waals surface area contributed by atoms with Gasteiger partial charge in [-0.2, -0.15) is 0 Å². The Morgan fingerprint density at radius 3 is 2.92 bits per heavy atom. The summed E-state index contributed by atoms with van der Waals surface area (Å²) in [5.74, 6) is 0.00204. The third kappa shape index (κ3) is 1.87. The number of pyridine rings is 1. The average molecular weight is 181 g/mol. The van der Waals surface area contributed by atoms with E-state index in [1.54, 1.807) is 6.20 Å². The number of aryl methyl sites for hydroxylation is 1. The Labute approximate surface area is 75.1 Å². The van der Waals surface area contributed by atoms with E-state index in [1.165, 1.54) is 16.7 Å². The van der Waals surface area contributed by atoms with Crippen LogP contribution < -0.4 is 11.3 Å². The van der Waals surface area contributed by atoms with Gasteiger partial charge in [-0.3, -0.25) is 4.79 Å². The van der Waals surface area contributed by atoms with Crippen LogP contribution in [-0.2, 0) is 6.54 Å². The van der Waals surface area contributed by atoms with Crippen molar-refractivity contribution in [2.75, 3.05) is 0 Å². The van der Waals surface area contributed by atoms with Crippen molar-refractivity contribution in [1.29, 1.82) is 0 Å². The number of hydrogen-bond acceptors (Lipinski definition) is 3. The Kier molecular flexibility index (Phi) is 2.69. The van der Waals surface area contributed by atoms with Gasteiger partial charge in [0, 0.05) is 24.4 Å². The van der Waals surface area contributed by atoms with Gasteiger partial charge in [-0.15, -0.1) is 0 Å². The summed E-state index contributed by atoms with van der Waals surface area (Å²) in [7, 11) is 0. The lowest BCUT2D eigenvalue weighted by molar-refractivity contribution is 0.318. The number of rotatable bonds is 2. The largest absolute Gasteiger partial charge is 0.409 e. The fourth-order valence-electron chi connectivity index (χ4n) is 0.988. The molecule has 5 heteroatoms. The molecule has 0 amide bonds. The zero-order valence-electron chi connectivity index (χ0n) is 7.27. The predicted molar refractivity (Wildman–Crippen MR) is 48.9 cm³/mol. The van der Waals surface area contributed by atoms with Crippen molar-refractivity contribution in [2.45, 2.75) is 13.5 Å². The highest BCUT2D eigenvalue weighted by Gasteiger charge is 2.00. The second kappa shape index (κ2) is 3.75. The van der Waals surface area contributed by atoms with Crippen LogP contribution in [0.4, 0.5) is 0 Å². The Bertz CT molecular complexity index is 381. The molecular formula is C8H11N3O2. The van der Waals surface area contributed by atoms with Crippen molar-refractivity contribution in [3.05, 3.63) is 34.2 Å². The van der Waals surface area contributed by atoms with Crippen LogP contribution in [-0.4, -0.2) is 15.6 Å². The molecule has 0 unspecified atom stereocenters. The summed E-state index contributed by atoms with van der Waals surface area (Å²) >= 11 is 0. The smallest absolute Gasteiger partial charge is 0.250 e. The Hall–Kier alpha value is -1.78. The maximum Gasteiger partial charge on any atom is 0.250 e. The molecule has 1 aromatic rings. The molecule has 5 nitrogen and oxygen atoms in total. The Morgan fingerprint density at radius 2 is 2.38 bits per heavy atom. The second-order valence-electron chi connectivity index (χ2n) is 2.53. The molecular weight excluding hydrogens is 170 g/mol. The fraction of sp³-hybridized carbons (Fsp3) is 0.250. The Balaban J connectivity index is 3.21. The first-order valence-electron chi connectivity index (χ1n) is 3.87. The van der Waals surface area contributed by atoms with Crippen molar-refractivity contribution >= 4 is 5.84 Å². The number of nitrogens with two attached hydrogens (primary N) is 1. The SMILES string of the molecule is CCn1cc(/C(N)=N/O)ccc1=O. The van der Waals surface area contributed by atoms with E-state index in [-0.39, 0.29) is 11.4 Å². The standard InChI is InChI=1S/C8H11N3O2/c1-2-11-5-6(8(9)10-13)3-4-7(11)12/h3-5,13H,2H2,1H3,(H2,9,10). The van der Waals surface area contributed by atoms with Gasteiger partial charge in [-0.05, 0) is 13.0 Å². The van der Waals surface area contributed by atoms with E-state index >= 15 is 0 Å². The van der Waals surface area contributed by atoms with Gasteiger partial charge in [0.25, 0.3) is 5.56 Å². The highest BCUT2D eigenvalue weighted by atomic mass is 16.4. The van der Waals surface area contributed by atoms with E-state index in [4.69, 9.17) is 10.9 Å². The predicted octanol–water partition coefficient (Wildman–Crippen LogP) is -0.0373. The summed E-state index contributed by atoms with van der Waals surface area (Å²) in [5, 5.41) is 11.2. The summed E-state index contributed by atoms with van der Waals surface area (Å²) in [6.45, 7) is 2.41. The molecule has 0 radical (unpaired) electrons. The average Bonchev–Trinajstić information content (AvgIpc) is 2.17. The van der Waals surface area contributed by atoms with Crippen LogP contribution in [0.1, 0.15) is 12.5 Å². The van der Waals surface area contributed by atoms with Gasteiger partial charge >= 0.3 is 0 Å². The van der Waals surface area contributed by atoms with E-state index in [1.807, 2.05) is 6.92 Å². The van der Waals surface area contributed by atoms with Crippen LogP contribution >= 0.6 is 0 Å². The highest BCUT2D eigenvalue weighted by Crippen LogP contribution is 1.94. The number of aromatic nitrogens is 1. The minimum atomic E-state index is -0.100. The molecule has 13 heavy (non-hydrogen) atoms. The van der Waals surface area contributed by atoms with Crippen LogP contribution in [0.5, 0.6) is 0 Å². The zero-order valence-corrected chi connectivity index (χ0v) is 7.27. The van der Waals surface area contributed by atoms with Crippen LogP contribution in [0, 0.1) is 0 Å². The number of oxime groups is 1. The van der Waals surface area contributed by atoms with Crippen molar-refractivity contribution < 1.29 is 5.21 Å². The van der Waals surface area contributed by atoms with Gasteiger partial charge in [0.2, 0.25) is 0 Å². The first-order chi connectivity index (χ1) is 6.19. The van der Waals surface area contributed by atoms with E-state index in [2.05, 4.69) is 5.16 Å². The van der Waals surface area contributed by atoms with Crippen LogP contribution in [0.3, 0.4) is 0 Å². The monoisotopic (exact) mass is 181 g/mol. The van der Waals surface area contributed by atoms with Crippen LogP contribution in [0.15, 0.2) is 28.3 Å². The molecule has 3 N–H and O–H groups in total. The maximum atomic E-state index is 11.1. The van der Waals surface area contributed by atoms with E-state index in [9.17, 15) is 4.79 Å².